The fourth-order valence-corrected chi connectivity index (χ4v) is 1.96. The molecule has 4 atom stereocenters. The zero-order valence-electron chi connectivity index (χ0n) is 11.0. The zero-order chi connectivity index (χ0) is 15.6. The monoisotopic (exact) mass is 302 g/mol. The molecule has 108 valence electrons. The van der Waals surface area contributed by atoms with Crippen molar-refractivity contribution in [3.05, 3.63) is 22.7 Å². The molecule has 1 aliphatic heterocycles. The summed E-state index contributed by atoms with van der Waals surface area (Å²) >= 11 is 0. The second kappa shape index (κ2) is 6.32. The summed E-state index contributed by atoms with van der Waals surface area (Å²) < 4.78 is 29.3. The molecule has 1 saturated heterocycles. The van der Waals surface area contributed by atoms with Gasteiger partial charge in [0.15, 0.2) is 0 Å². The van der Waals surface area contributed by atoms with Crippen molar-refractivity contribution in [2.45, 2.75) is 24.5 Å². The Balaban J connectivity index is 2.46. The van der Waals surface area contributed by atoms with Gasteiger partial charge in [0.1, 0.15) is 0 Å². The van der Waals surface area contributed by atoms with Crippen molar-refractivity contribution in [3.63, 3.8) is 0 Å². The fraction of sp³-hybridized carbons (Fsp3) is 0.500. The molecule has 20 heavy (non-hydrogen) atoms. The third kappa shape index (κ3) is 2.83. The fourth-order valence-electron chi connectivity index (χ4n) is 1.80. The van der Waals surface area contributed by atoms with Crippen LogP contribution in [0.25, 0.3) is 0 Å². The Labute approximate surface area is 115 Å². The van der Waals surface area contributed by atoms with Gasteiger partial charge in [-0.25, -0.2) is 0 Å². The van der Waals surface area contributed by atoms with Crippen molar-refractivity contribution in [2.24, 2.45) is 0 Å². The molecule has 0 radical (unpaired) electrons. The van der Waals surface area contributed by atoms with Crippen LogP contribution in [-0.2, 0) is 14.0 Å². The van der Waals surface area contributed by atoms with E-state index in [9.17, 15) is 14.5 Å². The number of nitrogens with zero attached hydrogens (tertiary/aromatic N) is 2. The molecule has 2 rings (SSSR count). The van der Waals surface area contributed by atoms with Crippen LogP contribution in [0.3, 0.4) is 0 Å². The molecule has 1 aromatic rings. The van der Waals surface area contributed by atoms with E-state index in [0.717, 1.165) is 4.57 Å². The van der Waals surface area contributed by atoms with E-state index in [1.165, 1.54) is 12.3 Å². The van der Waals surface area contributed by atoms with Crippen molar-refractivity contribution in [1.82, 2.24) is 9.55 Å². The summed E-state index contributed by atoms with van der Waals surface area (Å²) in [6.07, 6.45) is -5.17. The first kappa shape index (κ1) is 13.5. The number of anilines is 1. The third-order valence-electron chi connectivity index (χ3n) is 2.69. The van der Waals surface area contributed by atoms with Gasteiger partial charge in [-0.15, -0.1) is 0 Å². The number of hydrogen-bond acceptors (Lipinski definition) is 8. The summed E-state index contributed by atoms with van der Waals surface area (Å²) in [5.41, 5.74) is 4.58. The van der Waals surface area contributed by atoms with E-state index in [0.29, 0.717) is 0 Å². The van der Waals surface area contributed by atoms with Crippen LogP contribution >= 0.6 is 7.92 Å². The average Bonchev–Trinajstić information content (AvgIpc) is 2.67. The van der Waals surface area contributed by atoms with Crippen LogP contribution in [0.1, 0.15) is 7.60 Å². The SMILES string of the molecule is [2H][C@@]1(O)[C@@H](CO)O[C@@H](n2ccc(N)nc2=O)[C@@H]1OC#P=O. The summed E-state index contributed by atoms with van der Waals surface area (Å²) in [7, 11) is -0.609. The Hall–Kier alpha value is -1.47. The van der Waals surface area contributed by atoms with E-state index < -0.39 is 44.7 Å². The number of aromatic nitrogens is 2. The van der Waals surface area contributed by atoms with Crippen molar-refractivity contribution < 1.29 is 25.6 Å². The minimum atomic E-state index is -2.38. The predicted octanol–water partition coefficient (Wildman–Crippen LogP) is -1.33. The third-order valence-corrected chi connectivity index (χ3v) is 2.87. The Bertz CT molecular complexity index is 689. The first-order chi connectivity index (χ1) is 9.91. The van der Waals surface area contributed by atoms with Crippen LogP contribution in [-0.4, -0.2) is 44.7 Å². The molecule has 4 N–H and O–H groups in total. The normalized spacial score (nSPS) is 33.5. The summed E-state index contributed by atoms with van der Waals surface area (Å²) in [6, 6.07) is 1.32. The van der Waals surface area contributed by atoms with Crippen molar-refractivity contribution in [1.29, 1.82) is 0 Å². The number of nitrogens with two attached hydrogens (primary N) is 1. The zero-order valence-corrected chi connectivity index (χ0v) is 10.9. The van der Waals surface area contributed by atoms with Crippen LogP contribution in [0.4, 0.5) is 5.82 Å². The first-order valence-electron chi connectivity index (χ1n) is 5.98. The molecular weight excluding hydrogens is 289 g/mol. The van der Waals surface area contributed by atoms with E-state index in [4.69, 9.17) is 21.7 Å². The summed E-state index contributed by atoms with van der Waals surface area (Å²) in [4.78, 5) is 15.3. The van der Waals surface area contributed by atoms with E-state index >= 15 is 0 Å². The molecule has 2 heterocycles. The van der Waals surface area contributed by atoms with Gasteiger partial charge in [0, 0.05) is 0 Å². The van der Waals surface area contributed by atoms with Crippen LogP contribution in [0.2, 0.25) is 0 Å². The molecule has 0 amide bonds. The average molecular weight is 302 g/mol. The van der Waals surface area contributed by atoms with Gasteiger partial charge < -0.3 is 0 Å². The molecular formula is C10H12N3O6P. The summed E-state index contributed by atoms with van der Waals surface area (Å²) in [6.45, 7) is -0.678. The molecule has 0 unspecified atom stereocenters. The van der Waals surface area contributed by atoms with Crippen LogP contribution < -0.4 is 11.4 Å². The molecule has 9 nitrogen and oxygen atoms in total. The van der Waals surface area contributed by atoms with E-state index in [1.807, 2.05) is 5.81 Å². The number of aliphatic hydroxyl groups is 2. The molecule has 0 bridgehead atoms. The number of hydrogen-bond donors (Lipinski definition) is 3. The maximum absolute atomic E-state index is 11.8. The molecule has 0 spiro atoms. The van der Waals surface area contributed by atoms with Crippen molar-refractivity contribution >= 4 is 13.7 Å². The van der Waals surface area contributed by atoms with E-state index in [1.54, 1.807) is 0 Å². The van der Waals surface area contributed by atoms with E-state index in [2.05, 4.69) is 4.98 Å². The van der Waals surface area contributed by atoms with Gasteiger partial charge in [0.05, 0.1) is 0 Å². The number of ether oxygens (including phenoxy) is 2. The van der Waals surface area contributed by atoms with Crippen molar-refractivity contribution in [2.75, 3.05) is 12.3 Å². The van der Waals surface area contributed by atoms with Gasteiger partial charge in [-0.2, -0.15) is 0 Å². The van der Waals surface area contributed by atoms with E-state index in [-0.39, 0.29) is 5.82 Å². The number of rotatable bonds is 3. The molecule has 1 aliphatic rings. The van der Waals surface area contributed by atoms with Gasteiger partial charge in [0.25, 0.3) is 0 Å². The molecule has 0 saturated carbocycles. The second-order valence-electron chi connectivity index (χ2n) is 3.89. The topological polar surface area (TPSA) is 137 Å². The maximum atomic E-state index is 11.8. The number of nitrogen functional groups attached to an aromatic ring is 1. The molecule has 0 aromatic carbocycles. The first-order valence-corrected chi connectivity index (χ1v) is 6.29. The molecule has 10 heteroatoms. The van der Waals surface area contributed by atoms with Gasteiger partial charge in [-0.05, 0) is 0 Å². The Morgan fingerprint density at radius 1 is 1.75 bits per heavy atom. The van der Waals surface area contributed by atoms with Gasteiger partial charge in [-0.3, -0.25) is 0 Å². The molecule has 1 fully saturated rings. The standard InChI is InChI=1S/C10H12N3O6P/c11-6-1-2-13(10(16)12-6)9-8(18-4-20-17)7(15)5(3-14)19-9/h1-2,5,7-9,14-15H,3H2,(H2,11,12,16)/t5-,7-,8-,9-/m1/s1/i7D. The van der Waals surface area contributed by atoms with Crippen LogP contribution in [0.15, 0.2) is 17.1 Å². The van der Waals surface area contributed by atoms with Gasteiger partial charge in [-0.1, -0.05) is 0 Å². The van der Waals surface area contributed by atoms with Gasteiger partial charge in [0.2, 0.25) is 0 Å². The second-order valence-corrected chi connectivity index (χ2v) is 4.25. The minimum absolute atomic E-state index is 0.0113. The summed E-state index contributed by atoms with van der Waals surface area (Å²) in [5.74, 6) is 1.92. The Morgan fingerprint density at radius 3 is 3.10 bits per heavy atom. The van der Waals surface area contributed by atoms with Gasteiger partial charge >= 0.3 is 114 Å². The quantitative estimate of drug-likeness (QED) is 0.584. The Kier molecular flexibility index (Phi) is 4.27. The van der Waals surface area contributed by atoms with Crippen LogP contribution in [0.5, 0.6) is 0 Å². The van der Waals surface area contributed by atoms with Crippen molar-refractivity contribution in [3.8, 4) is 5.81 Å². The number of aliphatic hydroxyl groups excluding tert-OH is 1. The summed E-state index contributed by atoms with van der Waals surface area (Å²) in [5, 5.41) is 19.2. The molecule has 1 aromatic heterocycles. The Morgan fingerprint density at radius 2 is 2.50 bits per heavy atom. The predicted molar refractivity (Wildman–Crippen MR) is 66.3 cm³/mol. The van der Waals surface area contributed by atoms with Crippen LogP contribution in [0, 0.1) is 5.81 Å². The molecule has 0 aliphatic carbocycles.